The zero-order valence-electron chi connectivity index (χ0n) is 7.57. The summed E-state index contributed by atoms with van der Waals surface area (Å²) in [5.41, 5.74) is 1.61. The number of benzene rings is 1. The predicted molar refractivity (Wildman–Crippen MR) is 49.1 cm³/mol. The molecule has 0 fully saturated rings. The van der Waals surface area contributed by atoms with Crippen LogP contribution in [0.5, 0.6) is 0 Å². The Bertz CT molecular complexity index is 428. The molecule has 0 spiro atoms. The Labute approximate surface area is 75.6 Å². The minimum absolute atomic E-state index is 0.777. The Morgan fingerprint density at radius 2 is 1.92 bits per heavy atom. The van der Waals surface area contributed by atoms with Crippen molar-refractivity contribution in [2.75, 3.05) is 0 Å². The molecule has 2 N–H and O–H groups in total. The number of nitrogens with one attached hydrogen (secondary N) is 1. The molecule has 0 aliphatic heterocycles. The quantitative estimate of drug-likeness (QED) is 0.687. The number of aromatic nitrogens is 3. The summed E-state index contributed by atoms with van der Waals surface area (Å²) in [4.78, 5) is 0. The third-order valence-corrected chi connectivity index (χ3v) is 2.02. The maximum Gasteiger partial charge on any atom is 0.113 e. The van der Waals surface area contributed by atoms with Gasteiger partial charge < -0.3 is 5.11 Å². The van der Waals surface area contributed by atoms with Crippen molar-refractivity contribution in [3.8, 4) is 0 Å². The lowest BCUT2D eigenvalue weighted by Gasteiger charge is -2.16. The first-order valence-electron chi connectivity index (χ1n) is 4.11. The molecule has 2 aromatic rings. The molecule has 1 aromatic heterocycles. The normalized spacial score (nSPS) is 12.2. The maximum absolute atomic E-state index is 9.73. The molecule has 1 heterocycles. The van der Waals surface area contributed by atoms with E-state index in [2.05, 4.69) is 15.4 Å². The monoisotopic (exact) mass is 177 g/mol. The number of fused-ring (bicyclic) bond motifs is 1. The third kappa shape index (κ3) is 1.40. The van der Waals surface area contributed by atoms with Crippen molar-refractivity contribution in [2.45, 2.75) is 19.4 Å². The molecule has 4 heteroatoms. The van der Waals surface area contributed by atoms with Crippen LogP contribution >= 0.6 is 0 Å². The highest BCUT2D eigenvalue weighted by molar-refractivity contribution is 5.74. The Morgan fingerprint density at radius 1 is 1.23 bits per heavy atom. The zero-order chi connectivity index (χ0) is 9.47. The van der Waals surface area contributed by atoms with E-state index < -0.39 is 5.60 Å². The molecule has 68 valence electrons. The summed E-state index contributed by atoms with van der Waals surface area (Å²) in [5.74, 6) is 0. The molecule has 1 aromatic carbocycles. The van der Waals surface area contributed by atoms with Gasteiger partial charge in [-0.15, -0.1) is 0 Å². The number of aliphatic hydroxyl groups is 1. The number of nitrogens with zero attached hydrogens (tertiary/aromatic N) is 2. The molecule has 0 aliphatic rings. The summed E-state index contributed by atoms with van der Waals surface area (Å²) >= 11 is 0. The van der Waals surface area contributed by atoms with Gasteiger partial charge in [0.1, 0.15) is 11.0 Å². The standard InChI is InChI=1S/C9H11N3O/c1-9(2,13)6-3-4-7-8(5-6)11-12-10-7/h3-5,13H,1-2H3,(H,10,11,12). The van der Waals surface area contributed by atoms with Crippen molar-refractivity contribution in [2.24, 2.45) is 0 Å². The fourth-order valence-corrected chi connectivity index (χ4v) is 1.22. The van der Waals surface area contributed by atoms with Gasteiger partial charge in [0.25, 0.3) is 0 Å². The summed E-state index contributed by atoms with van der Waals surface area (Å²) in [5, 5.41) is 20.1. The van der Waals surface area contributed by atoms with Crippen LogP contribution in [-0.4, -0.2) is 20.5 Å². The van der Waals surface area contributed by atoms with Crippen LogP contribution in [0.4, 0.5) is 0 Å². The van der Waals surface area contributed by atoms with Gasteiger partial charge in [0, 0.05) is 0 Å². The first kappa shape index (κ1) is 8.19. The summed E-state index contributed by atoms with van der Waals surface area (Å²) in [6.45, 7) is 3.49. The summed E-state index contributed by atoms with van der Waals surface area (Å²) in [7, 11) is 0. The SMILES string of the molecule is CC(C)(O)c1ccc2n[nH]nc2c1. The lowest BCUT2D eigenvalue weighted by atomic mass is 9.98. The van der Waals surface area contributed by atoms with Gasteiger partial charge >= 0.3 is 0 Å². The van der Waals surface area contributed by atoms with Crippen LogP contribution in [0.25, 0.3) is 11.0 Å². The predicted octanol–water partition coefficient (Wildman–Crippen LogP) is 1.19. The second-order valence-corrected chi connectivity index (χ2v) is 3.59. The highest BCUT2D eigenvalue weighted by Crippen LogP contribution is 2.21. The topological polar surface area (TPSA) is 61.8 Å². The highest BCUT2D eigenvalue weighted by Gasteiger charge is 2.16. The average Bonchev–Trinajstić information content (AvgIpc) is 2.47. The van der Waals surface area contributed by atoms with E-state index in [9.17, 15) is 5.11 Å². The van der Waals surface area contributed by atoms with E-state index in [0.29, 0.717) is 0 Å². The van der Waals surface area contributed by atoms with Gasteiger partial charge in [-0.1, -0.05) is 6.07 Å². The van der Waals surface area contributed by atoms with E-state index in [-0.39, 0.29) is 0 Å². The van der Waals surface area contributed by atoms with Crippen molar-refractivity contribution in [3.05, 3.63) is 23.8 Å². The molecule has 2 rings (SSSR count). The molecule has 13 heavy (non-hydrogen) atoms. The van der Waals surface area contributed by atoms with Crippen LogP contribution in [0.15, 0.2) is 18.2 Å². The molecule has 0 saturated heterocycles. The smallest absolute Gasteiger partial charge is 0.113 e. The fraction of sp³-hybridized carbons (Fsp3) is 0.333. The lowest BCUT2D eigenvalue weighted by Crippen LogP contribution is -2.14. The molecular formula is C9H11N3O. The van der Waals surface area contributed by atoms with Crippen molar-refractivity contribution >= 4 is 11.0 Å². The summed E-state index contributed by atoms with van der Waals surface area (Å²) in [6.07, 6.45) is 0. The van der Waals surface area contributed by atoms with E-state index in [4.69, 9.17) is 0 Å². The van der Waals surface area contributed by atoms with Gasteiger partial charge in [0.15, 0.2) is 0 Å². The molecular weight excluding hydrogens is 166 g/mol. The molecule has 4 nitrogen and oxygen atoms in total. The number of rotatable bonds is 1. The second-order valence-electron chi connectivity index (χ2n) is 3.59. The average molecular weight is 177 g/mol. The van der Waals surface area contributed by atoms with E-state index in [1.165, 1.54) is 0 Å². The Kier molecular flexibility index (Phi) is 1.60. The summed E-state index contributed by atoms with van der Waals surface area (Å²) < 4.78 is 0. The van der Waals surface area contributed by atoms with Crippen molar-refractivity contribution < 1.29 is 5.11 Å². The Morgan fingerprint density at radius 3 is 2.62 bits per heavy atom. The third-order valence-electron chi connectivity index (χ3n) is 2.02. The van der Waals surface area contributed by atoms with Crippen LogP contribution in [-0.2, 0) is 5.60 Å². The van der Waals surface area contributed by atoms with E-state index in [1.807, 2.05) is 18.2 Å². The minimum Gasteiger partial charge on any atom is -0.386 e. The van der Waals surface area contributed by atoms with Gasteiger partial charge in [-0.3, -0.25) is 0 Å². The van der Waals surface area contributed by atoms with Crippen LogP contribution < -0.4 is 0 Å². The molecule has 0 amide bonds. The van der Waals surface area contributed by atoms with Gasteiger partial charge in [0.05, 0.1) is 5.60 Å². The van der Waals surface area contributed by atoms with Crippen LogP contribution in [0.3, 0.4) is 0 Å². The molecule has 0 unspecified atom stereocenters. The van der Waals surface area contributed by atoms with Crippen molar-refractivity contribution in [1.29, 1.82) is 0 Å². The van der Waals surface area contributed by atoms with Crippen LogP contribution in [0, 0.1) is 0 Å². The van der Waals surface area contributed by atoms with E-state index in [0.717, 1.165) is 16.6 Å². The first-order valence-corrected chi connectivity index (χ1v) is 4.11. The number of H-pyrrole nitrogens is 1. The minimum atomic E-state index is -0.826. The number of hydrogen-bond acceptors (Lipinski definition) is 3. The van der Waals surface area contributed by atoms with Crippen molar-refractivity contribution in [1.82, 2.24) is 15.4 Å². The van der Waals surface area contributed by atoms with Gasteiger partial charge in [-0.2, -0.15) is 15.4 Å². The maximum atomic E-state index is 9.73. The molecule has 0 atom stereocenters. The number of hydrogen-bond donors (Lipinski definition) is 2. The number of aromatic amines is 1. The van der Waals surface area contributed by atoms with Crippen molar-refractivity contribution in [3.63, 3.8) is 0 Å². The van der Waals surface area contributed by atoms with Gasteiger partial charge in [0.2, 0.25) is 0 Å². The Balaban J connectivity index is 2.61. The highest BCUT2D eigenvalue weighted by atomic mass is 16.3. The molecule has 0 aliphatic carbocycles. The van der Waals surface area contributed by atoms with Crippen LogP contribution in [0.1, 0.15) is 19.4 Å². The summed E-state index contributed by atoms with van der Waals surface area (Å²) in [6, 6.07) is 5.52. The molecule has 0 radical (unpaired) electrons. The van der Waals surface area contributed by atoms with Gasteiger partial charge in [-0.05, 0) is 31.5 Å². The van der Waals surface area contributed by atoms with Gasteiger partial charge in [-0.25, -0.2) is 0 Å². The molecule has 0 saturated carbocycles. The van der Waals surface area contributed by atoms with Crippen LogP contribution in [0.2, 0.25) is 0 Å². The largest absolute Gasteiger partial charge is 0.386 e. The molecule has 0 bridgehead atoms. The zero-order valence-corrected chi connectivity index (χ0v) is 7.57. The Hall–Kier alpha value is -1.42. The first-order chi connectivity index (χ1) is 6.07. The lowest BCUT2D eigenvalue weighted by molar-refractivity contribution is 0.0787. The second kappa shape index (κ2) is 2.53. The van der Waals surface area contributed by atoms with E-state index >= 15 is 0 Å². The fourth-order valence-electron chi connectivity index (χ4n) is 1.22. The van der Waals surface area contributed by atoms with E-state index in [1.54, 1.807) is 13.8 Å².